The number of methoxy groups -OCH3 is 1. The molecule has 0 bridgehead atoms. The molecule has 0 atom stereocenters. The largest absolute Gasteiger partial charge is 0.383 e. The Bertz CT molecular complexity index is 510. The van der Waals surface area contributed by atoms with Crippen LogP contribution in [0.15, 0.2) is 18.5 Å². The molecule has 0 radical (unpaired) electrons. The molecule has 0 saturated heterocycles. The quantitative estimate of drug-likeness (QED) is 0.805. The van der Waals surface area contributed by atoms with Crippen molar-refractivity contribution < 1.29 is 4.74 Å². The fraction of sp³-hybridized carbons (Fsp3) is 0.500. The molecule has 0 amide bonds. The van der Waals surface area contributed by atoms with E-state index < -0.39 is 0 Å². The lowest BCUT2D eigenvalue weighted by molar-refractivity contribution is 0.205. The average Bonchev–Trinajstić information content (AvgIpc) is 2.81. The number of nitrogens with zero attached hydrogens (tertiary/aromatic N) is 4. The summed E-state index contributed by atoms with van der Waals surface area (Å²) in [6.45, 7) is 4.85. The molecule has 0 spiro atoms. The van der Waals surface area contributed by atoms with E-state index >= 15 is 0 Å². The fourth-order valence-electron chi connectivity index (χ4n) is 1.96. The highest BCUT2D eigenvalue weighted by Gasteiger charge is 2.11. The van der Waals surface area contributed by atoms with Crippen LogP contribution in [0.3, 0.4) is 0 Å². The number of pyridine rings is 1. The number of aryl methyl sites for hydroxylation is 1. The lowest BCUT2D eigenvalue weighted by Crippen LogP contribution is -2.34. The van der Waals surface area contributed by atoms with Crippen LogP contribution in [0.1, 0.15) is 5.56 Å². The van der Waals surface area contributed by atoms with Gasteiger partial charge in [0.25, 0.3) is 0 Å². The molecule has 2 aromatic heterocycles. The van der Waals surface area contributed by atoms with E-state index in [0.29, 0.717) is 13.2 Å². The predicted octanol–water partition coefficient (Wildman–Crippen LogP) is 0.449. The molecule has 0 unspecified atom stereocenters. The molecule has 98 valence electrons. The fourth-order valence-corrected chi connectivity index (χ4v) is 1.96. The van der Waals surface area contributed by atoms with Gasteiger partial charge in [0.2, 0.25) is 0 Å². The van der Waals surface area contributed by atoms with Crippen LogP contribution in [0.4, 0.5) is 5.82 Å². The van der Waals surface area contributed by atoms with Gasteiger partial charge < -0.3 is 15.4 Å². The minimum absolute atomic E-state index is 0.591. The number of aromatic nitrogens is 3. The summed E-state index contributed by atoms with van der Waals surface area (Å²) in [5, 5.41) is 4.25. The topological polar surface area (TPSA) is 68.7 Å². The van der Waals surface area contributed by atoms with Crippen LogP contribution >= 0.6 is 0 Å². The third kappa shape index (κ3) is 2.60. The summed E-state index contributed by atoms with van der Waals surface area (Å²) in [5.74, 6) is 1.00. The Hall–Kier alpha value is -1.66. The lowest BCUT2D eigenvalue weighted by atomic mass is 10.2. The van der Waals surface area contributed by atoms with Crippen LogP contribution in [0.25, 0.3) is 5.65 Å². The number of hydrogen-bond acceptors (Lipinski definition) is 5. The monoisotopic (exact) mass is 249 g/mol. The third-order valence-corrected chi connectivity index (χ3v) is 2.79. The van der Waals surface area contributed by atoms with Crippen molar-refractivity contribution in [2.45, 2.75) is 6.92 Å². The minimum atomic E-state index is 0.591. The van der Waals surface area contributed by atoms with E-state index in [0.717, 1.165) is 30.1 Å². The van der Waals surface area contributed by atoms with Gasteiger partial charge in [-0.2, -0.15) is 9.61 Å². The summed E-state index contributed by atoms with van der Waals surface area (Å²) in [6, 6.07) is 4.10. The minimum Gasteiger partial charge on any atom is -0.383 e. The first-order chi connectivity index (χ1) is 8.76. The van der Waals surface area contributed by atoms with Crippen molar-refractivity contribution in [1.29, 1.82) is 0 Å². The highest BCUT2D eigenvalue weighted by molar-refractivity contribution is 5.52. The molecule has 6 nitrogen and oxygen atoms in total. The second-order valence-electron chi connectivity index (χ2n) is 4.19. The molecule has 0 aliphatic carbocycles. The molecule has 0 aliphatic rings. The van der Waals surface area contributed by atoms with Gasteiger partial charge in [0.05, 0.1) is 6.61 Å². The molecule has 2 rings (SSSR count). The van der Waals surface area contributed by atoms with E-state index in [1.807, 2.05) is 10.6 Å². The second-order valence-corrected chi connectivity index (χ2v) is 4.19. The Morgan fingerprint density at radius 2 is 2.22 bits per heavy atom. The number of nitrogens with two attached hydrogens (primary N) is 1. The Morgan fingerprint density at radius 1 is 1.39 bits per heavy atom. The van der Waals surface area contributed by atoms with Gasteiger partial charge >= 0.3 is 0 Å². The van der Waals surface area contributed by atoms with Gasteiger partial charge in [-0.3, -0.25) is 0 Å². The van der Waals surface area contributed by atoms with E-state index in [1.165, 1.54) is 0 Å². The normalized spacial score (nSPS) is 11.1. The van der Waals surface area contributed by atoms with Gasteiger partial charge in [0, 0.05) is 26.7 Å². The summed E-state index contributed by atoms with van der Waals surface area (Å²) in [5.41, 5.74) is 7.68. The van der Waals surface area contributed by atoms with Crippen molar-refractivity contribution in [2.75, 3.05) is 38.3 Å². The van der Waals surface area contributed by atoms with Crippen LogP contribution in [-0.2, 0) is 4.74 Å². The molecular weight excluding hydrogens is 230 g/mol. The van der Waals surface area contributed by atoms with Crippen LogP contribution in [0.5, 0.6) is 0 Å². The molecule has 0 aliphatic heterocycles. The number of rotatable bonds is 6. The lowest BCUT2D eigenvalue weighted by Gasteiger charge is -2.24. The maximum atomic E-state index is 5.67. The Kier molecular flexibility index (Phi) is 4.11. The maximum absolute atomic E-state index is 5.67. The van der Waals surface area contributed by atoms with Gasteiger partial charge in [-0.1, -0.05) is 0 Å². The first kappa shape index (κ1) is 12.8. The molecular formula is C12H19N5O. The maximum Gasteiger partial charge on any atom is 0.157 e. The van der Waals surface area contributed by atoms with Crippen molar-refractivity contribution >= 4 is 11.5 Å². The predicted molar refractivity (Wildman–Crippen MR) is 70.9 cm³/mol. The summed E-state index contributed by atoms with van der Waals surface area (Å²) < 4.78 is 6.97. The highest BCUT2D eigenvalue weighted by atomic mass is 16.5. The van der Waals surface area contributed by atoms with E-state index in [9.17, 15) is 0 Å². The van der Waals surface area contributed by atoms with Crippen LogP contribution in [-0.4, -0.2) is 47.9 Å². The molecule has 0 fully saturated rings. The number of fused-ring (bicyclic) bond motifs is 1. The zero-order chi connectivity index (χ0) is 13.0. The first-order valence-corrected chi connectivity index (χ1v) is 6.00. The van der Waals surface area contributed by atoms with Gasteiger partial charge in [-0.25, -0.2) is 4.98 Å². The van der Waals surface area contributed by atoms with Gasteiger partial charge in [-0.05, 0) is 24.6 Å². The van der Waals surface area contributed by atoms with E-state index in [2.05, 4.69) is 28.0 Å². The summed E-state index contributed by atoms with van der Waals surface area (Å²) >= 11 is 0. The summed E-state index contributed by atoms with van der Waals surface area (Å²) in [6.07, 6.45) is 1.56. The molecule has 2 aromatic rings. The zero-order valence-electron chi connectivity index (χ0n) is 10.8. The molecule has 0 aromatic carbocycles. The third-order valence-electron chi connectivity index (χ3n) is 2.79. The second kappa shape index (κ2) is 5.79. The first-order valence-electron chi connectivity index (χ1n) is 6.00. The van der Waals surface area contributed by atoms with Gasteiger partial charge in [0.1, 0.15) is 12.1 Å². The molecule has 6 heteroatoms. The number of hydrogen-bond donors (Lipinski definition) is 1. The highest BCUT2D eigenvalue weighted by Crippen LogP contribution is 2.17. The number of anilines is 1. The van der Waals surface area contributed by atoms with E-state index in [-0.39, 0.29) is 0 Å². The molecule has 0 saturated carbocycles. The van der Waals surface area contributed by atoms with Crippen molar-refractivity contribution in [3.05, 3.63) is 24.0 Å². The van der Waals surface area contributed by atoms with Gasteiger partial charge in [-0.15, -0.1) is 0 Å². The standard InChI is InChI=1S/C12H19N5O/c1-10-7-11-14-9-15-17(11)12(8-10)16(4-3-13)5-6-18-2/h7-9H,3-6,13H2,1-2H3. The van der Waals surface area contributed by atoms with Crippen LogP contribution in [0, 0.1) is 6.92 Å². The van der Waals surface area contributed by atoms with Crippen molar-refractivity contribution in [2.24, 2.45) is 5.73 Å². The van der Waals surface area contributed by atoms with Crippen molar-refractivity contribution in [3.8, 4) is 0 Å². The van der Waals surface area contributed by atoms with Crippen LogP contribution in [0.2, 0.25) is 0 Å². The molecule has 2 N–H and O–H groups in total. The molecule has 18 heavy (non-hydrogen) atoms. The van der Waals surface area contributed by atoms with Crippen molar-refractivity contribution in [1.82, 2.24) is 14.6 Å². The Balaban J connectivity index is 2.38. The Morgan fingerprint density at radius 3 is 2.94 bits per heavy atom. The Labute approximate surface area is 106 Å². The molecule has 2 heterocycles. The summed E-state index contributed by atoms with van der Waals surface area (Å²) in [7, 11) is 1.70. The average molecular weight is 249 g/mol. The van der Waals surface area contributed by atoms with E-state index in [4.69, 9.17) is 10.5 Å². The van der Waals surface area contributed by atoms with E-state index in [1.54, 1.807) is 13.4 Å². The van der Waals surface area contributed by atoms with Crippen molar-refractivity contribution in [3.63, 3.8) is 0 Å². The van der Waals surface area contributed by atoms with Crippen LogP contribution < -0.4 is 10.6 Å². The number of ether oxygens (including phenoxy) is 1. The SMILES string of the molecule is COCCN(CCN)c1cc(C)cc2ncnn12. The smallest absolute Gasteiger partial charge is 0.157 e. The van der Waals surface area contributed by atoms with Gasteiger partial charge in [0.15, 0.2) is 5.65 Å². The zero-order valence-corrected chi connectivity index (χ0v) is 10.8. The summed E-state index contributed by atoms with van der Waals surface area (Å²) in [4.78, 5) is 6.39.